The third kappa shape index (κ3) is 3.28. The first-order valence-corrected chi connectivity index (χ1v) is 10.1. The molecular weight excluding hydrogens is 356 g/mol. The molecule has 0 N–H and O–H groups in total. The van der Waals surface area contributed by atoms with Crippen LogP contribution in [0.25, 0.3) is 15.0 Å². The second kappa shape index (κ2) is 6.71. The van der Waals surface area contributed by atoms with Crippen molar-refractivity contribution < 1.29 is 13.9 Å². The molecule has 0 fully saturated rings. The molecule has 0 aliphatic carbocycles. The van der Waals surface area contributed by atoms with Gasteiger partial charge in [0, 0.05) is 28.8 Å². The standard InChI is InChI=1S/C23H21O3S/c1-16-15-18-7-4-5-8-20(18)27(16)19-12-10-17(11-13-19)22(24)26-23(2,3)21-9-6-14-25-21/h4-15H,1-3H3/q+1. The van der Waals surface area contributed by atoms with Gasteiger partial charge >= 0.3 is 5.97 Å². The molecule has 2 heterocycles. The van der Waals surface area contributed by atoms with E-state index in [1.165, 1.54) is 19.9 Å². The van der Waals surface area contributed by atoms with Crippen molar-refractivity contribution in [2.75, 3.05) is 0 Å². The van der Waals surface area contributed by atoms with Crippen LogP contribution in [0, 0.1) is 6.92 Å². The number of rotatable bonds is 4. The van der Waals surface area contributed by atoms with Gasteiger partial charge in [0.1, 0.15) is 5.76 Å². The maximum atomic E-state index is 12.6. The summed E-state index contributed by atoms with van der Waals surface area (Å²) in [5.74, 6) is 0.266. The van der Waals surface area contributed by atoms with Crippen molar-refractivity contribution in [3.63, 3.8) is 0 Å². The number of hydrogen-bond acceptors (Lipinski definition) is 3. The summed E-state index contributed by atoms with van der Waals surface area (Å²) in [6.07, 6.45) is 1.58. The molecule has 0 saturated heterocycles. The van der Waals surface area contributed by atoms with Gasteiger partial charge in [-0.1, -0.05) is 12.1 Å². The first-order valence-electron chi connectivity index (χ1n) is 8.85. The lowest BCUT2D eigenvalue weighted by Gasteiger charge is -2.22. The average molecular weight is 377 g/mol. The van der Waals surface area contributed by atoms with Crippen LogP contribution in [-0.4, -0.2) is 5.97 Å². The molecule has 0 amide bonds. The number of thiophene rings is 1. The molecule has 0 aliphatic rings. The fraction of sp³-hybridized carbons (Fsp3) is 0.174. The van der Waals surface area contributed by atoms with Crippen LogP contribution in [0.5, 0.6) is 0 Å². The van der Waals surface area contributed by atoms with Crippen LogP contribution in [0.2, 0.25) is 0 Å². The van der Waals surface area contributed by atoms with E-state index < -0.39 is 5.60 Å². The van der Waals surface area contributed by atoms with E-state index in [2.05, 4.69) is 37.3 Å². The number of ether oxygens (including phenoxy) is 1. The highest BCUT2D eigenvalue weighted by Gasteiger charge is 2.29. The molecule has 2 aromatic carbocycles. The fourth-order valence-electron chi connectivity index (χ4n) is 3.24. The zero-order chi connectivity index (χ0) is 19.0. The fourth-order valence-corrected chi connectivity index (χ4v) is 5.44. The second-order valence-electron chi connectivity index (χ2n) is 7.00. The summed E-state index contributed by atoms with van der Waals surface area (Å²) < 4.78 is 12.4. The normalized spacial score (nSPS) is 12.3. The molecule has 4 rings (SSSR count). The van der Waals surface area contributed by atoms with Gasteiger partial charge in [-0.3, -0.25) is 0 Å². The number of carbonyl (C=O) groups is 1. The minimum atomic E-state index is -0.815. The van der Waals surface area contributed by atoms with Crippen LogP contribution in [0.4, 0.5) is 0 Å². The van der Waals surface area contributed by atoms with Crippen LogP contribution in [-0.2, 0) is 10.3 Å². The molecule has 4 heteroatoms. The molecule has 0 spiro atoms. The number of esters is 1. The summed E-state index contributed by atoms with van der Waals surface area (Å²) >= 11 is 0. The number of aryl methyl sites for hydroxylation is 1. The van der Waals surface area contributed by atoms with Gasteiger partial charge in [0.05, 0.1) is 11.8 Å². The number of carbonyl (C=O) groups excluding carboxylic acids is 1. The van der Waals surface area contributed by atoms with E-state index in [0.29, 0.717) is 11.3 Å². The molecule has 0 bridgehead atoms. The van der Waals surface area contributed by atoms with Crippen molar-refractivity contribution in [1.29, 1.82) is 0 Å². The lowest BCUT2D eigenvalue weighted by molar-refractivity contribution is -0.0126. The van der Waals surface area contributed by atoms with Crippen LogP contribution in [0.1, 0.15) is 34.8 Å². The van der Waals surface area contributed by atoms with Crippen LogP contribution in [0.15, 0.2) is 77.4 Å². The Morgan fingerprint density at radius 3 is 2.44 bits per heavy atom. The minimum absolute atomic E-state index is 0.0812. The maximum Gasteiger partial charge on any atom is 0.339 e. The van der Waals surface area contributed by atoms with Gasteiger partial charge in [-0.25, -0.2) is 4.79 Å². The summed E-state index contributed by atoms with van der Waals surface area (Å²) in [7, 11) is -0.0812. The Hall–Kier alpha value is -2.85. The smallest absolute Gasteiger partial charge is 0.339 e. The quantitative estimate of drug-likeness (QED) is 0.298. The molecule has 2 aromatic heterocycles. The molecule has 1 atom stereocenters. The molecular formula is C23H21O3S+. The summed E-state index contributed by atoms with van der Waals surface area (Å²) in [6.45, 7) is 5.81. The largest absolute Gasteiger partial charge is 0.465 e. The predicted octanol–water partition coefficient (Wildman–Crippen LogP) is 6.57. The van der Waals surface area contributed by atoms with E-state index in [9.17, 15) is 4.79 Å². The topological polar surface area (TPSA) is 39.4 Å². The summed E-state index contributed by atoms with van der Waals surface area (Å²) in [4.78, 5) is 15.1. The Bertz CT molecular complexity index is 1090. The lowest BCUT2D eigenvalue weighted by Crippen LogP contribution is -2.25. The molecule has 27 heavy (non-hydrogen) atoms. The molecule has 136 valence electrons. The van der Waals surface area contributed by atoms with Crippen LogP contribution in [0.3, 0.4) is 0 Å². The van der Waals surface area contributed by atoms with Crippen molar-refractivity contribution in [3.05, 3.63) is 89.2 Å². The van der Waals surface area contributed by atoms with Crippen LogP contribution < -0.4 is 0 Å². The second-order valence-corrected chi connectivity index (χ2v) is 9.17. The van der Waals surface area contributed by atoms with Gasteiger partial charge in [-0.2, -0.15) is 0 Å². The summed E-state index contributed by atoms with van der Waals surface area (Å²) in [6, 6.07) is 22.1. The Kier molecular flexibility index (Phi) is 4.36. The monoisotopic (exact) mass is 377 g/mol. The van der Waals surface area contributed by atoms with Crippen molar-refractivity contribution in [2.45, 2.75) is 26.4 Å². The van der Waals surface area contributed by atoms with E-state index in [-0.39, 0.29) is 16.4 Å². The molecule has 1 unspecified atom stereocenters. The molecule has 0 saturated carbocycles. The average Bonchev–Trinajstić information content (AvgIpc) is 3.29. The first kappa shape index (κ1) is 17.6. The highest BCUT2D eigenvalue weighted by atomic mass is 32.2. The third-order valence-electron chi connectivity index (χ3n) is 4.61. The predicted molar refractivity (Wildman–Crippen MR) is 110 cm³/mol. The van der Waals surface area contributed by atoms with E-state index in [4.69, 9.17) is 9.15 Å². The van der Waals surface area contributed by atoms with Crippen molar-refractivity contribution >= 4 is 26.5 Å². The maximum absolute atomic E-state index is 12.6. The van der Waals surface area contributed by atoms with Gasteiger partial charge in [-0.05, 0) is 62.4 Å². The van der Waals surface area contributed by atoms with E-state index in [1.807, 2.05) is 44.2 Å². The Morgan fingerprint density at radius 2 is 1.74 bits per heavy atom. The van der Waals surface area contributed by atoms with E-state index in [0.717, 1.165) is 0 Å². The van der Waals surface area contributed by atoms with Crippen LogP contribution >= 0.6 is 10.5 Å². The number of hydrogen-bond donors (Lipinski definition) is 0. The van der Waals surface area contributed by atoms with E-state index in [1.54, 1.807) is 12.3 Å². The third-order valence-corrected chi connectivity index (χ3v) is 6.92. The van der Waals surface area contributed by atoms with Gasteiger partial charge in [-0.15, -0.1) is 0 Å². The van der Waals surface area contributed by atoms with Crippen molar-refractivity contribution in [2.24, 2.45) is 0 Å². The molecule has 4 aromatic rings. The van der Waals surface area contributed by atoms with E-state index >= 15 is 0 Å². The lowest BCUT2D eigenvalue weighted by atomic mass is 10.1. The van der Waals surface area contributed by atoms with Crippen molar-refractivity contribution in [3.8, 4) is 4.90 Å². The highest BCUT2D eigenvalue weighted by molar-refractivity contribution is 7.45. The minimum Gasteiger partial charge on any atom is -0.465 e. The number of furan rings is 1. The first-order chi connectivity index (χ1) is 13.0. The summed E-state index contributed by atoms with van der Waals surface area (Å²) in [5, 5.41) is 1.28. The van der Waals surface area contributed by atoms with Gasteiger partial charge in [0.2, 0.25) is 0 Å². The SMILES string of the molecule is Cc1cc2ccccc2[s+]1-c1ccc(C(=O)OC(C)(C)c2ccco2)cc1. The Balaban J connectivity index is 1.60. The van der Waals surface area contributed by atoms with Gasteiger partial charge in [0.25, 0.3) is 0 Å². The summed E-state index contributed by atoms with van der Waals surface area (Å²) in [5.41, 5.74) is -0.277. The zero-order valence-electron chi connectivity index (χ0n) is 15.6. The molecule has 0 radical (unpaired) electrons. The van der Waals surface area contributed by atoms with Crippen molar-refractivity contribution in [1.82, 2.24) is 0 Å². The van der Waals surface area contributed by atoms with Gasteiger partial charge in [0.15, 0.2) is 20.1 Å². The number of fused-ring (bicyclic) bond motifs is 1. The Morgan fingerprint density at radius 1 is 1.00 bits per heavy atom. The molecule has 0 aliphatic heterocycles. The Labute approximate surface area is 161 Å². The zero-order valence-corrected chi connectivity index (χ0v) is 16.4. The molecule has 3 nitrogen and oxygen atoms in total. The number of benzene rings is 2. The van der Waals surface area contributed by atoms with Gasteiger partial charge < -0.3 is 9.15 Å². The highest BCUT2D eigenvalue weighted by Crippen LogP contribution is 2.43.